The molecule has 0 saturated heterocycles. The van der Waals surface area contributed by atoms with Gasteiger partial charge in [0.2, 0.25) is 0 Å². The highest BCUT2D eigenvalue weighted by Gasteiger charge is 2.21. The van der Waals surface area contributed by atoms with E-state index in [-0.39, 0.29) is 0 Å². The number of halogens is 1. The van der Waals surface area contributed by atoms with Gasteiger partial charge in [-0.3, -0.25) is 13.8 Å². The molecule has 0 spiro atoms. The average Bonchev–Trinajstić information content (AvgIpc) is 2.06. The van der Waals surface area contributed by atoms with Gasteiger partial charge in [0.05, 0.1) is 5.69 Å². The van der Waals surface area contributed by atoms with Crippen LogP contribution in [0.3, 0.4) is 0 Å². The lowest BCUT2D eigenvalue weighted by Crippen LogP contribution is -2.21. The van der Waals surface area contributed by atoms with Gasteiger partial charge in [-0.05, 0) is 18.2 Å². The SMILES string of the molecule is OS1(O)N[C]=Nc2ccc(Br)cc21. The maximum Gasteiger partial charge on any atom is 0.190 e. The van der Waals surface area contributed by atoms with E-state index < -0.39 is 10.8 Å². The molecule has 6 heteroatoms. The molecule has 1 aromatic rings. The van der Waals surface area contributed by atoms with E-state index in [1.54, 1.807) is 18.2 Å². The van der Waals surface area contributed by atoms with Crippen LogP contribution in [0.1, 0.15) is 0 Å². The Bertz CT molecular complexity index is 381. The third-order valence-electron chi connectivity index (χ3n) is 1.59. The van der Waals surface area contributed by atoms with Crippen LogP contribution in [-0.2, 0) is 0 Å². The third kappa shape index (κ3) is 1.58. The lowest BCUT2D eigenvalue weighted by molar-refractivity contribution is 0.481. The molecular weight excluding hydrogens is 256 g/mol. The Kier molecular flexibility index (Phi) is 2.07. The highest BCUT2D eigenvalue weighted by Crippen LogP contribution is 2.50. The molecule has 3 N–H and O–H groups in total. The summed E-state index contributed by atoms with van der Waals surface area (Å²) in [6.07, 6.45) is 2.35. The predicted octanol–water partition coefficient (Wildman–Crippen LogP) is 2.61. The molecule has 1 aliphatic heterocycles. The molecule has 0 atom stereocenters. The minimum absolute atomic E-state index is 0.389. The molecule has 1 radical (unpaired) electrons. The monoisotopic (exact) mass is 261 g/mol. The molecule has 0 amide bonds. The van der Waals surface area contributed by atoms with Gasteiger partial charge in [-0.25, -0.2) is 4.99 Å². The fourth-order valence-electron chi connectivity index (χ4n) is 1.01. The number of rotatable bonds is 0. The van der Waals surface area contributed by atoms with E-state index in [1.807, 2.05) is 0 Å². The van der Waals surface area contributed by atoms with Crippen LogP contribution in [0.25, 0.3) is 0 Å². The zero-order valence-electron chi connectivity index (χ0n) is 6.36. The summed E-state index contributed by atoms with van der Waals surface area (Å²) in [5.74, 6) is 0. The maximum atomic E-state index is 9.54. The summed E-state index contributed by atoms with van der Waals surface area (Å²) < 4.78 is 22.2. The number of aliphatic imine (C=N–C) groups is 1. The van der Waals surface area contributed by atoms with Gasteiger partial charge in [-0.15, -0.1) is 0 Å². The summed E-state index contributed by atoms with van der Waals surface area (Å²) in [4.78, 5) is 4.24. The van der Waals surface area contributed by atoms with Crippen molar-refractivity contribution < 1.29 is 9.11 Å². The first-order valence-corrected chi connectivity index (χ1v) is 5.74. The van der Waals surface area contributed by atoms with Crippen LogP contribution >= 0.6 is 26.7 Å². The Balaban J connectivity index is 2.62. The van der Waals surface area contributed by atoms with Crippen LogP contribution in [0.5, 0.6) is 0 Å². The molecule has 13 heavy (non-hydrogen) atoms. The summed E-state index contributed by atoms with van der Waals surface area (Å²) in [5, 5.41) is 0. The van der Waals surface area contributed by atoms with Crippen LogP contribution in [0.15, 0.2) is 32.6 Å². The summed E-state index contributed by atoms with van der Waals surface area (Å²) in [7, 11) is -2.95. The predicted molar refractivity (Wildman–Crippen MR) is 55.5 cm³/mol. The van der Waals surface area contributed by atoms with Crippen molar-refractivity contribution in [1.29, 1.82) is 0 Å². The van der Waals surface area contributed by atoms with Gasteiger partial charge in [-0.2, -0.15) is 0 Å². The van der Waals surface area contributed by atoms with E-state index in [0.717, 1.165) is 4.47 Å². The van der Waals surface area contributed by atoms with E-state index in [9.17, 15) is 9.11 Å². The first kappa shape index (κ1) is 9.01. The number of benzene rings is 1. The standard InChI is InChI=1S/C7H6BrN2O2S/c8-5-1-2-6-7(3-5)13(11,12)10-4-9-6/h1-3,11-12H,(H,9,10). The molecule has 0 unspecified atom stereocenters. The average molecular weight is 262 g/mol. The molecule has 1 heterocycles. The largest absolute Gasteiger partial charge is 0.278 e. The van der Waals surface area contributed by atoms with Crippen molar-refractivity contribution >= 4 is 38.7 Å². The molecule has 2 rings (SSSR count). The molecule has 0 saturated carbocycles. The second kappa shape index (κ2) is 2.98. The Hall–Kier alpha value is -0.560. The molecular formula is C7H6BrN2O2S. The Morgan fingerprint density at radius 1 is 1.46 bits per heavy atom. The second-order valence-electron chi connectivity index (χ2n) is 2.49. The minimum atomic E-state index is -2.95. The first-order chi connectivity index (χ1) is 6.09. The fraction of sp³-hybridized carbons (Fsp3) is 0. The van der Waals surface area contributed by atoms with Crippen LogP contribution in [0.2, 0.25) is 0 Å². The summed E-state index contributed by atoms with van der Waals surface area (Å²) in [6.45, 7) is 0. The molecule has 1 aromatic carbocycles. The van der Waals surface area contributed by atoms with E-state index in [0.29, 0.717) is 10.6 Å². The van der Waals surface area contributed by atoms with Crippen LogP contribution in [0.4, 0.5) is 5.69 Å². The summed E-state index contributed by atoms with van der Waals surface area (Å²) in [5.41, 5.74) is 0.530. The van der Waals surface area contributed by atoms with E-state index >= 15 is 0 Å². The van der Waals surface area contributed by atoms with Crippen LogP contribution < -0.4 is 4.72 Å². The van der Waals surface area contributed by atoms with Gasteiger partial charge < -0.3 is 0 Å². The van der Waals surface area contributed by atoms with Gasteiger partial charge in [0, 0.05) is 4.47 Å². The number of hydrogen-bond acceptors (Lipinski definition) is 4. The van der Waals surface area contributed by atoms with Crippen molar-refractivity contribution in [2.75, 3.05) is 0 Å². The van der Waals surface area contributed by atoms with Crippen molar-refractivity contribution in [2.24, 2.45) is 4.99 Å². The van der Waals surface area contributed by atoms with Crippen LogP contribution in [-0.4, -0.2) is 15.4 Å². The number of nitrogens with one attached hydrogen (secondary N) is 1. The van der Waals surface area contributed by atoms with E-state index in [2.05, 4.69) is 32.0 Å². The number of hydrogen-bond donors (Lipinski definition) is 3. The summed E-state index contributed by atoms with van der Waals surface area (Å²) >= 11 is 3.24. The van der Waals surface area contributed by atoms with Gasteiger partial charge in [0.25, 0.3) is 0 Å². The highest BCUT2D eigenvalue weighted by atomic mass is 79.9. The van der Waals surface area contributed by atoms with Gasteiger partial charge in [0.15, 0.2) is 6.34 Å². The first-order valence-electron chi connectivity index (χ1n) is 3.40. The third-order valence-corrected chi connectivity index (χ3v) is 3.40. The zero-order valence-corrected chi connectivity index (χ0v) is 8.76. The van der Waals surface area contributed by atoms with Crippen molar-refractivity contribution in [3.8, 4) is 0 Å². The quantitative estimate of drug-likeness (QED) is 0.673. The Morgan fingerprint density at radius 2 is 2.23 bits per heavy atom. The maximum absolute atomic E-state index is 9.54. The zero-order chi connectivity index (χ0) is 9.47. The number of nitrogens with zero attached hydrogens (tertiary/aromatic N) is 1. The number of fused-ring (bicyclic) bond motifs is 1. The lowest BCUT2D eigenvalue weighted by Gasteiger charge is -2.34. The molecule has 0 aliphatic carbocycles. The Labute approximate surface area is 85.3 Å². The fourth-order valence-corrected chi connectivity index (χ4v) is 2.50. The topological polar surface area (TPSA) is 64.8 Å². The van der Waals surface area contributed by atoms with Crippen molar-refractivity contribution in [3.63, 3.8) is 0 Å². The van der Waals surface area contributed by atoms with Gasteiger partial charge in [-0.1, -0.05) is 26.7 Å². The second-order valence-corrected chi connectivity index (χ2v) is 5.14. The smallest absolute Gasteiger partial charge is 0.190 e. The normalized spacial score (nSPS) is 20.2. The molecule has 0 fully saturated rings. The summed E-state index contributed by atoms with van der Waals surface area (Å²) in [6, 6.07) is 5.11. The molecule has 1 aliphatic rings. The van der Waals surface area contributed by atoms with E-state index in [4.69, 9.17) is 0 Å². The van der Waals surface area contributed by atoms with E-state index in [1.165, 1.54) is 0 Å². The minimum Gasteiger partial charge on any atom is -0.278 e. The molecule has 69 valence electrons. The van der Waals surface area contributed by atoms with Gasteiger partial charge in [0.1, 0.15) is 4.90 Å². The van der Waals surface area contributed by atoms with Crippen molar-refractivity contribution in [1.82, 2.24) is 4.72 Å². The Morgan fingerprint density at radius 3 is 3.00 bits per heavy atom. The van der Waals surface area contributed by atoms with Crippen LogP contribution in [0, 0.1) is 0 Å². The lowest BCUT2D eigenvalue weighted by atomic mass is 10.3. The molecule has 0 bridgehead atoms. The van der Waals surface area contributed by atoms with Crippen molar-refractivity contribution in [3.05, 3.63) is 22.7 Å². The molecule has 0 aromatic heterocycles. The van der Waals surface area contributed by atoms with Crippen molar-refractivity contribution in [2.45, 2.75) is 4.90 Å². The van der Waals surface area contributed by atoms with Gasteiger partial charge >= 0.3 is 0 Å². The highest BCUT2D eigenvalue weighted by molar-refractivity contribution is 9.10. The molecule has 4 nitrogen and oxygen atoms in total.